The van der Waals surface area contributed by atoms with Gasteiger partial charge in [-0.05, 0) is 31.0 Å². The van der Waals surface area contributed by atoms with Crippen molar-refractivity contribution in [3.63, 3.8) is 0 Å². The Hall–Kier alpha value is -0.820. The topological polar surface area (TPSA) is 3.24 Å². The largest absolute Gasteiger partial charge is 0.302 e. The van der Waals surface area contributed by atoms with Crippen molar-refractivity contribution in [2.24, 2.45) is 5.41 Å². The maximum absolute atomic E-state index is 2.39. The quantitative estimate of drug-likeness (QED) is 0.726. The van der Waals surface area contributed by atoms with E-state index in [0.29, 0.717) is 5.41 Å². The third kappa shape index (κ3) is 5.58. The molecule has 0 bridgehead atoms. The Balaban J connectivity index is 2.34. The molecule has 1 aromatic rings. The summed E-state index contributed by atoms with van der Waals surface area (Å²) in [5.41, 5.74) is 1.83. The van der Waals surface area contributed by atoms with Crippen LogP contribution in [0.5, 0.6) is 0 Å². The van der Waals surface area contributed by atoms with Crippen LogP contribution in [0.2, 0.25) is 0 Å². The summed E-state index contributed by atoms with van der Waals surface area (Å²) in [6, 6.07) is 10.7. The molecule has 0 radical (unpaired) electrons. The Bertz CT molecular complexity index is 271. The molecule has 1 aromatic carbocycles. The third-order valence-corrected chi connectivity index (χ3v) is 2.54. The van der Waals surface area contributed by atoms with Crippen LogP contribution in [0.3, 0.4) is 0 Å². The van der Waals surface area contributed by atoms with Gasteiger partial charge in [0.15, 0.2) is 0 Å². The molecule has 0 unspecified atom stereocenters. The molecule has 0 aliphatic heterocycles. The van der Waals surface area contributed by atoms with Crippen LogP contribution in [0.15, 0.2) is 30.3 Å². The SMILES string of the molecule is CN(CCC(C)(C)C)Cc1ccccc1. The summed E-state index contributed by atoms with van der Waals surface area (Å²) < 4.78 is 0. The van der Waals surface area contributed by atoms with Gasteiger partial charge in [-0.2, -0.15) is 0 Å². The molecule has 84 valence electrons. The molecule has 15 heavy (non-hydrogen) atoms. The van der Waals surface area contributed by atoms with E-state index in [4.69, 9.17) is 0 Å². The van der Waals surface area contributed by atoms with E-state index in [1.165, 1.54) is 18.5 Å². The molecular weight excluding hydrogens is 182 g/mol. The number of hydrogen-bond donors (Lipinski definition) is 0. The Kier molecular flexibility index (Phi) is 4.34. The summed E-state index contributed by atoms with van der Waals surface area (Å²) in [4.78, 5) is 2.39. The van der Waals surface area contributed by atoms with Crippen LogP contribution in [0.25, 0.3) is 0 Å². The maximum atomic E-state index is 2.39. The molecule has 0 saturated heterocycles. The van der Waals surface area contributed by atoms with Gasteiger partial charge >= 0.3 is 0 Å². The molecule has 0 N–H and O–H groups in total. The zero-order valence-corrected chi connectivity index (χ0v) is 10.5. The minimum Gasteiger partial charge on any atom is -0.302 e. The average Bonchev–Trinajstić information content (AvgIpc) is 2.15. The van der Waals surface area contributed by atoms with Gasteiger partial charge in [0.1, 0.15) is 0 Å². The van der Waals surface area contributed by atoms with Crippen molar-refractivity contribution in [1.82, 2.24) is 4.90 Å². The fraction of sp³-hybridized carbons (Fsp3) is 0.571. The maximum Gasteiger partial charge on any atom is 0.0230 e. The zero-order chi connectivity index (χ0) is 11.3. The number of benzene rings is 1. The van der Waals surface area contributed by atoms with Crippen molar-refractivity contribution in [2.75, 3.05) is 13.6 Å². The van der Waals surface area contributed by atoms with Crippen LogP contribution in [-0.2, 0) is 6.54 Å². The monoisotopic (exact) mass is 205 g/mol. The summed E-state index contributed by atoms with van der Waals surface area (Å²) in [6.45, 7) is 9.10. The van der Waals surface area contributed by atoms with E-state index in [2.05, 4.69) is 63.1 Å². The smallest absolute Gasteiger partial charge is 0.0230 e. The second-order valence-corrected chi connectivity index (χ2v) is 5.53. The van der Waals surface area contributed by atoms with E-state index >= 15 is 0 Å². The average molecular weight is 205 g/mol. The van der Waals surface area contributed by atoms with Crippen LogP contribution in [0, 0.1) is 5.41 Å². The van der Waals surface area contributed by atoms with Gasteiger partial charge in [-0.1, -0.05) is 51.1 Å². The minimum absolute atomic E-state index is 0.435. The van der Waals surface area contributed by atoms with E-state index in [1.807, 2.05) is 0 Å². The Morgan fingerprint density at radius 3 is 2.20 bits per heavy atom. The highest BCUT2D eigenvalue weighted by Crippen LogP contribution is 2.18. The molecule has 1 heteroatoms. The number of nitrogens with zero attached hydrogens (tertiary/aromatic N) is 1. The van der Waals surface area contributed by atoms with E-state index < -0.39 is 0 Å². The summed E-state index contributed by atoms with van der Waals surface area (Å²) >= 11 is 0. The van der Waals surface area contributed by atoms with Crippen molar-refractivity contribution in [2.45, 2.75) is 33.7 Å². The normalized spacial score (nSPS) is 12.1. The molecule has 0 aliphatic carbocycles. The Morgan fingerprint density at radius 1 is 1.07 bits per heavy atom. The van der Waals surface area contributed by atoms with E-state index in [-0.39, 0.29) is 0 Å². The van der Waals surface area contributed by atoms with Crippen molar-refractivity contribution >= 4 is 0 Å². The molecule has 1 nitrogen and oxygen atoms in total. The lowest BCUT2D eigenvalue weighted by molar-refractivity contribution is 0.259. The van der Waals surface area contributed by atoms with Gasteiger partial charge in [0.05, 0.1) is 0 Å². The molecule has 0 heterocycles. The first-order valence-electron chi connectivity index (χ1n) is 5.70. The van der Waals surface area contributed by atoms with E-state index in [9.17, 15) is 0 Å². The van der Waals surface area contributed by atoms with Crippen molar-refractivity contribution in [3.8, 4) is 0 Å². The highest BCUT2D eigenvalue weighted by atomic mass is 15.1. The molecule has 0 spiro atoms. The molecule has 0 aromatic heterocycles. The third-order valence-electron chi connectivity index (χ3n) is 2.54. The van der Waals surface area contributed by atoms with E-state index in [0.717, 1.165) is 6.54 Å². The Labute approximate surface area is 94.1 Å². The first-order valence-corrected chi connectivity index (χ1v) is 5.70. The van der Waals surface area contributed by atoms with E-state index in [1.54, 1.807) is 0 Å². The van der Waals surface area contributed by atoms with Gasteiger partial charge < -0.3 is 4.90 Å². The first kappa shape index (κ1) is 12.3. The summed E-state index contributed by atoms with van der Waals surface area (Å²) in [5.74, 6) is 0. The molecule has 0 aliphatic rings. The summed E-state index contributed by atoms with van der Waals surface area (Å²) in [7, 11) is 2.19. The van der Waals surface area contributed by atoms with Crippen molar-refractivity contribution < 1.29 is 0 Å². The minimum atomic E-state index is 0.435. The second-order valence-electron chi connectivity index (χ2n) is 5.53. The lowest BCUT2D eigenvalue weighted by atomic mass is 9.92. The van der Waals surface area contributed by atoms with Gasteiger partial charge in [0.2, 0.25) is 0 Å². The Morgan fingerprint density at radius 2 is 1.67 bits per heavy atom. The van der Waals surface area contributed by atoms with Gasteiger partial charge in [-0.3, -0.25) is 0 Å². The molecule has 0 fully saturated rings. The predicted molar refractivity (Wildman–Crippen MR) is 66.8 cm³/mol. The standard InChI is InChI=1S/C14H23N/c1-14(2,3)10-11-15(4)12-13-8-6-5-7-9-13/h5-9H,10-12H2,1-4H3. The lowest BCUT2D eigenvalue weighted by Crippen LogP contribution is -2.23. The molecular formula is C14H23N. The molecule has 0 amide bonds. The fourth-order valence-electron chi connectivity index (χ4n) is 1.50. The first-order chi connectivity index (χ1) is 6.97. The van der Waals surface area contributed by atoms with Crippen LogP contribution >= 0.6 is 0 Å². The molecule has 1 rings (SSSR count). The second kappa shape index (κ2) is 5.32. The lowest BCUT2D eigenvalue weighted by Gasteiger charge is -2.23. The number of rotatable bonds is 4. The van der Waals surface area contributed by atoms with Gasteiger partial charge in [0, 0.05) is 6.54 Å². The zero-order valence-electron chi connectivity index (χ0n) is 10.5. The van der Waals surface area contributed by atoms with Crippen molar-refractivity contribution in [3.05, 3.63) is 35.9 Å². The summed E-state index contributed by atoms with van der Waals surface area (Å²) in [6.07, 6.45) is 1.25. The van der Waals surface area contributed by atoms with Crippen molar-refractivity contribution in [1.29, 1.82) is 0 Å². The van der Waals surface area contributed by atoms with Crippen LogP contribution in [0.4, 0.5) is 0 Å². The predicted octanol–water partition coefficient (Wildman–Crippen LogP) is 3.55. The molecule has 0 saturated carbocycles. The van der Waals surface area contributed by atoms with Gasteiger partial charge in [0.25, 0.3) is 0 Å². The fourth-order valence-corrected chi connectivity index (χ4v) is 1.50. The van der Waals surface area contributed by atoms with Gasteiger partial charge in [-0.25, -0.2) is 0 Å². The van der Waals surface area contributed by atoms with Crippen LogP contribution in [0.1, 0.15) is 32.8 Å². The highest BCUT2D eigenvalue weighted by molar-refractivity contribution is 5.14. The molecule has 0 atom stereocenters. The summed E-state index contributed by atoms with van der Waals surface area (Å²) in [5, 5.41) is 0. The highest BCUT2D eigenvalue weighted by Gasteiger charge is 2.11. The van der Waals surface area contributed by atoms with Crippen LogP contribution < -0.4 is 0 Å². The van der Waals surface area contributed by atoms with Gasteiger partial charge in [-0.15, -0.1) is 0 Å². The number of hydrogen-bond acceptors (Lipinski definition) is 1. The van der Waals surface area contributed by atoms with Crippen LogP contribution in [-0.4, -0.2) is 18.5 Å².